The van der Waals surface area contributed by atoms with E-state index in [0.29, 0.717) is 11.7 Å². The third-order valence-electron chi connectivity index (χ3n) is 3.68. The average Bonchev–Trinajstić information content (AvgIpc) is 2.40. The van der Waals surface area contributed by atoms with Crippen LogP contribution >= 0.6 is 0 Å². The van der Waals surface area contributed by atoms with E-state index in [4.69, 9.17) is 0 Å². The normalized spacial score (nSPS) is 22.8. The molecule has 0 aromatic carbocycles. The molecule has 0 spiro atoms. The van der Waals surface area contributed by atoms with Gasteiger partial charge < -0.3 is 10.6 Å². The standard InChI is InChI=1S/C12H19N5O2/c1-8-5-3-4-6-9(8)16-12-10(17(18)19)11(13-2)14-7-15-12/h7-9H,3-6H2,1-2H3,(H2,13,14,15,16)/t8-,9+/m0/s1. The fourth-order valence-corrected chi connectivity index (χ4v) is 2.55. The van der Waals surface area contributed by atoms with Crippen molar-refractivity contribution in [2.24, 2.45) is 5.92 Å². The van der Waals surface area contributed by atoms with Crippen LogP contribution in [0.2, 0.25) is 0 Å². The number of anilines is 2. The molecule has 0 radical (unpaired) electrons. The molecular weight excluding hydrogens is 246 g/mol. The summed E-state index contributed by atoms with van der Waals surface area (Å²) in [7, 11) is 1.61. The van der Waals surface area contributed by atoms with E-state index in [0.717, 1.165) is 19.3 Å². The molecule has 7 heteroatoms. The third kappa shape index (κ3) is 2.91. The van der Waals surface area contributed by atoms with Crippen LogP contribution in [-0.2, 0) is 0 Å². The number of nitrogens with one attached hydrogen (secondary N) is 2. The van der Waals surface area contributed by atoms with Gasteiger partial charge in [0.15, 0.2) is 0 Å². The molecule has 2 rings (SSSR count). The average molecular weight is 265 g/mol. The van der Waals surface area contributed by atoms with Gasteiger partial charge in [-0.3, -0.25) is 10.1 Å². The Bertz CT molecular complexity index is 465. The second-order valence-corrected chi connectivity index (χ2v) is 4.94. The fourth-order valence-electron chi connectivity index (χ4n) is 2.55. The number of hydrogen-bond acceptors (Lipinski definition) is 6. The highest BCUT2D eigenvalue weighted by Gasteiger charge is 2.27. The number of nitro groups is 1. The van der Waals surface area contributed by atoms with Crippen LogP contribution in [0, 0.1) is 16.0 Å². The summed E-state index contributed by atoms with van der Waals surface area (Å²) in [6.07, 6.45) is 5.90. The van der Waals surface area contributed by atoms with Gasteiger partial charge in [-0.15, -0.1) is 0 Å². The van der Waals surface area contributed by atoms with Crippen molar-refractivity contribution >= 4 is 17.3 Å². The molecule has 104 valence electrons. The van der Waals surface area contributed by atoms with Gasteiger partial charge in [0.1, 0.15) is 6.33 Å². The van der Waals surface area contributed by atoms with E-state index in [9.17, 15) is 10.1 Å². The van der Waals surface area contributed by atoms with Crippen LogP contribution in [0.3, 0.4) is 0 Å². The van der Waals surface area contributed by atoms with Gasteiger partial charge >= 0.3 is 5.69 Å². The first-order valence-electron chi connectivity index (χ1n) is 6.57. The van der Waals surface area contributed by atoms with Gasteiger partial charge in [0.2, 0.25) is 11.6 Å². The van der Waals surface area contributed by atoms with Crippen molar-refractivity contribution in [1.82, 2.24) is 9.97 Å². The first-order chi connectivity index (χ1) is 9.13. The molecule has 0 aliphatic heterocycles. The molecule has 1 heterocycles. The Morgan fingerprint density at radius 1 is 1.32 bits per heavy atom. The number of nitrogens with zero attached hydrogens (tertiary/aromatic N) is 3. The predicted molar refractivity (Wildman–Crippen MR) is 73.3 cm³/mol. The van der Waals surface area contributed by atoms with E-state index in [1.165, 1.54) is 12.7 Å². The second kappa shape index (κ2) is 5.81. The molecule has 7 nitrogen and oxygen atoms in total. The zero-order chi connectivity index (χ0) is 13.8. The van der Waals surface area contributed by atoms with E-state index >= 15 is 0 Å². The van der Waals surface area contributed by atoms with Crippen molar-refractivity contribution in [2.75, 3.05) is 17.7 Å². The maximum Gasteiger partial charge on any atom is 0.353 e. The quantitative estimate of drug-likeness (QED) is 0.641. The van der Waals surface area contributed by atoms with Gasteiger partial charge in [0, 0.05) is 13.1 Å². The molecule has 1 aliphatic carbocycles. The van der Waals surface area contributed by atoms with Crippen LogP contribution in [-0.4, -0.2) is 28.0 Å². The maximum absolute atomic E-state index is 11.2. The summed E-state index contributed by atoms with van der Waals surface area (Å²) in [4.78, 5) is 18.6. The molecule has 1 aromatic rings. The summed E-state index contributed by atoms with van der Waals surface area (Å²) in [5.41, 5.74) is -0.0808. The minimum Gasteiger partial charge on any atom is -0.367 e. The van der Waals surface area contributed by atoms with Gasteiger partial charge in [-0.05, 0) is 18.8 Å². The SMILES string of the molecule is CNc1ncnc(N[C@@H]2CCCC[C@@H]2C)c1[N+](=O)[O-]. The predicted octanol–water partition coefficient (Wildman–Crippen LogP) is 2.42. The molecule has 0 unspecified atom stereocenters. The summed E-state index contributed by atoms with van der Waals surface area (Å²) in [6, 6.07) is 0.243. The van der Waals surface area contributed by atoms with E-state index in [1.54, 1.807) is 7.05 Å². The van der Waals surface area contributed by atoms with E-state index in [2.05, 4.69) is 27.5 Å². The van der Waals surface area contributed by atoms with Gasteiger partial charge in [-0.25, -0.2) is 9.97 Å². The van der Waals surface area contributed by atoms with Crippen molar-refractivity contribution in [3.63, 3.8) is 0 Å². The molecule has 1 fully saturated rings. The summed E-state index contributed by atoms with van der Waals surface area (Å²) in [5.74, 6) is 1.05. The van der Waals surface area contributed by atoms with Crippen LogP contribution in [0.4, 0.5) is 17.3 Å². The highest BCUT2D eigenvalue weighted by atomic mass is 16.6. The Morgan fingerprint density at radius 3 is 2.63 bits per heavy atom. The van der Waals surface area contributed by atoms with Crippen molar-refractivity contribution in [3.05, 3.63) is 16.4 Å². The van der Waals surface area contributed by atoms with Crippen molar-refractivity contribution in [1.29, 1.82) is 0 Å². The van der Waals surface area contributed by atoms with E-state index in [1.807, 2.05) is 0 Å². The monoisotopic (exact) mass is 265 g/mol. The minimum absolute atomic E-state index is 0.0808. The molecule has 19 heavy (non-hydrogen) atoms. The Kier molecular flexibility index (Phi) is 4.13. The zero-order valence-corrected chi connectivity index (χ0v) is 11.2. The highest BCUT2D eigenvalue weighted by Crippen LogP contribution is 2.32. The smallest absolute Gasteiger partial charge is 0.353 e. The van der Waals surface area contributed by atoms with Gasteiger partial charge in [-0.1, -0.05) is 19.8 Å². The Labute approximate surface area is 112 Å². The first kappa shape index (κ1) is 13.5. The zero-order valence-electron chi connectivity index (χ0n) is 11.2. The molecule has 0 bridgehead atoms. The minimum atomic E-state index is -0.443. The lowest BCUT2D eigenvalue weighted by molar-refractivity contribution is -0.383. The summed E-state index contributed by atoms with van der Waals surface area (Å²) < 4.78 is 0. The topological polar surface area (TPSA) is 93.0 Å². The lowest BCUT2D eigenvalue weighted by atomic mass is 9.86. The molecule has 2 atom stereocenters. The Balaban J connectivity index is 2.26. The molecule has 1 saturated carbocycles. The van der Waals surface area contributed by atoms with Crippen LogP contribution in [0.15, 0.2) is 6.33 Å². The Morgan fingerprint density at radius 2 is 2.00 bits per heavy atom. The lowest BCUT2D eigenvalue weighted by Crippen LogP contribution is -2.31. The second-order valence-electron chi connectivity index (χ2n) is 4.94. The summed E-state index contributed by atoms with van der Waals surface area (Å²) >= 11 is 0. The molecular formula is C12H19N5O2. The van der Waals surface area contributed by atoms with Crippen LogP contribution in [0.25, 0.3) is 0 Å². The number of aromatic nitrogens is 2. The van der Waals surface area contributed by atoms with Crippen molar-refractivity contribution in [3.8, 4) is 0 Å². The summed E-state index contributed by atoms with van der Waals surface area (Å²) in [5, 5.41) is 17.1. The largest absolute Gasteiger partial charge is 0.367 e. The lowest BCUT2D eigenvalue weighted by Gasteiger charge is -2.29. The Hall–Kier alpha value is -1.92. The van der Waals surface area contributed by atoms with E-state index in [-0.39, 0.29) is 17.5 Å². The molecule has 1 aromatic heterocycles. The first-order valence-corrected chi connectivity index (χ1v) is 6.57. The van der Waals surface area contributed by atoms with Crippen LogP contribution in [0.1, 0.15) is 32.6 Å². The molecule has 1 aliphatic rings. The van der Waals surface area contributed by atoms with Crippen molar-refractivity contribution < 1.29 is 4.92 Å². The summed E-state index contributed by atoms with van der Waals surface area (Å²) in [6.45, 7) is 2.17. The van der Waals surface area contributed by atoms with Gasteiger partial charge in [0.25, 0.3) is 0 Å². The van der Waals surface area contributed by atoms with Gasteiger partial charge in [0.05, 0.1) is 4.92 Å². The van der Waals surface area contributed by atoms with Crippen LogP contribution < -0.4 is 10.6 Å². The number of hydrogen-bond donors (Lipinski definition) is 2. The third-order valence-corrected chi connectivity index (χ3v) is 3.68. The molecule has 0 amide bonds. The van der Waals surface area contributed by atoms with Gasteiger partial charge in [-0.2, -0.15) is 0 Å². The van der Waals surface area contributed by atoms with Crippen LogP contribution in [0.5, 0.6) is 0 Å². The molecule has 0 saturated heterocycles. The highest BCUT2D eigenvalue weighted by molar-refractivity contribution is 5.69. The maximum atomic E-state index is 11.2. The fraction of sp³-hybridized carbons (Fsp3) is 0.667. The molecule has 2 N–H and O–H groups in total. The number of rotatable bonds is 4. The van der Waals surface area contributed by atoms with E-state index < -0.39 is 4.92 Å². The van der Waals surface area contributed by atoms with Crippen molar-refractivity contribution in [2.45, 2.75) is 38.6 Å².